The van der Waals surface area contributed by atoms with E-state index in [4.69, 9.17) is 11.6 Å². The number of nitrogens with zero attached hydrogens (tertiary/aromatic N) is 2. The van der Waals surface area contributed by atoms with Gasteiger partial charge in [-0.25, -0.2) is 26.8 Å². The SMILES string of the molecule is CS(=O)(=O)c1ccccc1NS(=O)(=O)c1cnc(Cl)nc1. The van der Waals surface area contributed by atoms with Gasteiger partial charge in [0.15, 0.2) is 9.84 Å². The number of rotatable bonds is 4. The highest BCUT2D eigenvalue weighted by atomic mass is 35.5. The number of benzene rings is 1. The van der Waals surface area contributed by atoms with Gasteiger partial charge >= 0.3 is 0 Å². The van der Waals surface area contributed by atoms with Gasteiger partial charge in [-0.15, -0.1) is 0 Å². The Hall–Kier alpha value is -1.71. The molecule has 0 aliphatic heterocycles. The van der Waals surface area contributed by atoms with Gasteiger partial charge in [0, 0.05) is 6.26 Å². The molecule has 0 aliphatic carbocycles. The number of para-hydroxylation sites is 1. The minimum absolute atomic E-state index is 0.0463. The molecule has 0 aliphatic rings. The number of sulfone groups is 1. The topological polar surface area (TPSA) is 106 Å². The number of hydrogen-bond donors (Lipinski definition) is 1. The zero-order chi connectivity index (χ0) is 15.7. The normalized spacial score (nSPS) is 12.1. The maximum Gasteiger partial charge on any atom is 0.265 e. The van der Waals surface area contributed by atoms with E-state index in [9.17, 15) is 16.8 Å². The molecule has 0 radical (unpaired) electrons. The molecule has 0 amide bonds. The Kier molecular flexibility index (Phi) is 4.17. The fourth-order valence-electron chi connectivity index (χ4n) is 1.52. The standard InChI is InChI=1S/C11H10ClN3O4S2/c1-20(16,17)10-5-3-2-4-9(10)15-21(18,19)8-6-13-11(12)14-7-8/h2-7,15H,1H3. The van der Waals surface area contributed by atoms with Crippen LogP contribution in [-0.4, -0.2) is 33.1 Å². The molecule has 2 aromatic rings. The lowest BCUT2D eigenvalue weighted by molar-refractivity contribution is 0.600. The average molecular weight is 348 g/mol. The summed E-state index contributed by atoms with van der Waals surface area (Å²) >= 11 is 5.49. The Bertz CT molecular complexity index is 865. The van der Waals surface area contributed by atoms with Gasteiger partial charge in [0.2, 0.25) is 5.28 Å². The van der Waals surface area contributed by atoms with E-state index >= 15 is 0 Å². The second kappa shape index (κ2) is 5.58. The number of hydrogen-bond acceptors (Lipinski definition) is 6. The summed E-state index contributed by atoms with van der Waals surface area (Å²) in [5.41, 5.74) is -0.0463. The molecule has 0 saturated carbocycles. The largest absolute Gasteiger partial charge is 0.278 e. The van der Waals surface area contributed by atoms with Gasteiger partial charge in [-0.3, -0.25) is 4.72 Å². The Morgan fingerprint density at radius 2 is 1.62 bits per heavy atom. The summed E-state index contributed by atoms with van der Waals surface area (Å²) in [6.07, 6.45) is 3.05. The van der Waals surface area contributed by atoms with Crippen molar-refractivity contribution < 1.29 is 16.8 Å². The lowest BCUT2D eigenvalue weighted by Gasteiger charge is -2.11. The van der Waals surface area contributed by atoms with Crippen molar-refractivity contribution in [1.29, 1.82) is 0 Å². The minimum Gasteiger partial charge on any atom is -0.278 e. The van der Waals surface area contributed by atoms with Crippen molar-refractivity contribution in [1.82, 2.24) is 9.97 Å². The second-order valence-corrected chi connectivity index (χ2v) is 8.07. The number of aromatic nitrogens is 2. The minimum atomic E-state index is -4.01. The van der Waals surface area contributed by atoms with Crippen molar-refractivity contribution in [2.45, 2.75) is 9.79 Å². The van der Waals surface area contributed by atoms with Crippen molar-refractivity contribution >= 4 is 37.1 Å². The van der Waals surface area contributed by atoms with Gasteiger partial charge in [-0.2, -0.15) is 0 Å². The van der Waals surface area contributed by atoms with Crippen LogP contribution in [0.4, 0.5) is 5.69 Å². The van der Waals surface area contributed by atoms with Crippen molar-refractivity contribution in [2.75, 3.05) is 11.0 Å². The van der Waals surface area contributed by atoms with Gasteiger partial charge in [0.1, 0.15) is 4.90 Å². The molecular weight excluding hydrogens is 338 g/mol. The van der Waals surface area contributed by atoms with Gasteiger partial charge in [-0.05, 0) is 23.7 Å². The van der Waals surface area contributed by atoms with Crippen molar-refractivity contribution in [3.63, 3.8) is 0 Å². The van der Waals surface area contributed by atoms with Crippen LogP contribution in [0.5, 0.6) is 0 Å². The molecule has 1 aromatic carbocycles. The summed E-state index contributed by atoms with van der Waals surface area (Å²) in [6, 6.07) is 5.68. The third-order valence-electron chi connectivity index (χ3n) is 2.44. The fourth-order valence-corrected chi connectivity index (χ4v) is 3.49. The molecule has 0 saturated heterocycles. The van der Waals surface area contributed by atoms with E-state index in [1.54, 1.807) is 0 Å². The van der Waals surface area contributed by atoms with Crippen LogP contribution in [0.25, 0.3) is 0 Å². The summed E-state index contributed by atoms with van der Waals surface area (Å²) in [6.45, 7) is 0. The van der Waals surface area contributed by atoms with Crippen LogP contribution in [-0.2, 0) is 19.9 Å². The molecule has 2 rings (SSSR count). The molecule has 0 atom stereocenters. The number of sulfonamides is 1. The Balaban J connectivity index is 2.45. The maximum absolute atomic E-state index is 12.2. The molecule has 0 unspecified atom stereocenters. The summed E-state index contributed by atoms with van der Waals surface area (Å²) in [7, 11) is -7.59. The first-order valence-electron chi connectivity index (χ1n) is 5.49. The highest BCUT2D eigenvalue weighted by molar-refractivity contribution is 7.93. The monoisotopic (exact) mass is 347 g/mol. The van der Waals surface area contributed by atoms with E-state index in [1.807, 2.05) is 0 Å². The van der Waals surface area contributed by atoms with E-state index in [1.165, 1.54) is 24.3 Å². The van der Waals surface area contributed by atoms with E-state index in [0.29, 0.717) is 0 Å². The Labute approximate surface area is 127 Å². The fraction of sp³-hybridized carbons (Fsp3) is 0.0909. The number of anilines is 1. The zero-order valence-electron chi connectivity index (χ0n) is 10.7. The van der Waals surface area contributed by atoms with Gasteiger partial charge in [0.05, 0.1) is 23.0 Å². The third kappa shape index (κ3) is 3.69. The van der Waals surface area contributed by atoms with Crippen molar-refractivity contribution in [3.8, 4) is 0 Å². The van der Waals surface area contributed by atoms with Crippen LogP contribution >= 0.6 is 11.6 Å². The van der Waals surface area contributed by atoms with Gasteiger partial charge < -0.3 is 0 Å². The second-order valence-electron chi connectivity index (χ2n) is 4.06. The van der Waals surface area contributed by atoms with E-state index in [0.717, 1.165) is 18.6 Å². The molecule has 0 spiro atoms. The Morgan fingerprint density at radius 3 is 2.19 bits per heavy atom. The summed E-state index contributed by atoms with van der Waals surface area (Å²) in [5.74, 6) is 0. The van der Waals surface area contributed by atoms with Gasteiger partial charge in [-0.1, -0.05) is 12.1 Å². The molecule has 1 N–H and O–H groups in total. The van der Waals surface area contributed by atoms with Crippen LogP contribution < -0.4 is 4.72 Å². The number of nitrogens with one attached hydrogen (secondary N) is 1. The molecule has 1 aromatic heterocycles. The molecule has 0 bridgehead atoms. The average Bonchev–Trinajstić information content (AvgIpc) is 2.38. The quantitative estimate of drug-likeness (QED) is 0.836. The first kappa shape index (κ1) is 15.7. The smallest absolute Gasteiger partial charge is 0.265 e. The zero-order valence-corrected chi connectivity index (χ0v) is 13.1. The third-order valence-corrected chi connectivity index (χ3v) is 5.11. The van der Waals surface area contributed by atoms with Crippen molar-refractivity contribution in [3.05, 3.63) is 41.9 Å². The molecular formula is C11H10ClN3O4S2. The lowest BCUT2D eigenvalue weighted by atomic mass is 10.3. The lowest BCUT2D eigenvalue weighted by Crippen LogP contribution is -2.15. The van der Waals surface area contributed by atoms with E-state index in [-0.39, 0.29) is 20.8 Å². The van der Waals surface area contributed by atoms with Crippen LogP contribution in [0.15, 0.2) is 46.5 Å². The summed E-state index contributed by atoms with van der Waals surface area (Å²) < 4.78 is 49.8. The predicted octanol–water partition coefficient (Wildman–Crippen LogP) is 1.33. The number of halogens is 1. The van der Waals surface area contributed by atoms with Gasteiger partial charge in [0.25, 0.3) is 10.0 Å². The first-order valence-corrected chi connectivity index (χ1v) is 9.25. The molecule has 7 nitrogen and oxygen atoms in total. The molecule has 112 valence electrons. The Morgan fingerprint density at radius 1 is 1.05 bits per heavy atom. The summed E-state index contributed by atoms with van der Waals surface area (Å²) in [5, 5.41) is -0.0921. The van der Waals surface area contributed by atoms with Crippen LogP contribution in [0.3, 0.4) is 0 Å². The first-order chi connectivity index (χ1) is 9.70. The maximum atomic E-state index is 12.2. The molecule has 10 heteroatoms. The van der Waals surface area contributed by atoms with E-state index in [2.05, 4.69) is 14.7 Å². The van der Waals surface area contributed by atoms with Crippen molar-refractivity contribution in [2.24, 2.45) is 0 Å². The molecule has 0 fully saturated rings. The van der Waals surface area contributed by atoms with Crippen LogP contribution in [0.2, 0.25) is 5.28 Å². The molecule has 21 heavy (non-hydrogen) atoms. The van der Waals surface area contributed by atoms with Crippen LogP contribution in [0.1, 0.15) is 0 Å². The highest BCUT2D eigenvalue weighted by Crippen LogP contribution is 2.23. The predicted molar refractivity (Wildman–Crippen MR) is 77.4 cm³/mol. The highest BCUT2D eigenvalue weighted by Gasteiger charge is 2.20. The molecule has 1 heterocycles. The van der Waals surface area contributed by atoms with Crippen LogP contribution in [0, 0.1) is 0 Å². The summed E-state index contributed by atoms with van der Waals surface area (Å²) in [4.78, 5) is 6.80. The van der Waals surface area contributed by atoms with E-state index < -0.39 is 19.9 Å².